The van der Waals surface area contributed by atoms with Crippen LogP contribution in [0.5, 0.6) is 11.5 Å². The van der Waals surface area contributed by atoms with Gasteiger partial charge in [-0.3, -0.25) is 0 Å². The van der Waals surface area contributed by atoms with E-state index < -0.39 is 35.1 Å². The van der Waals surface area contributed by atoms with E-state index in [0.717, 1.165) is 29.2 Å². The Hall–Kier alpha value is -3.35. The van der Waals surface area contributed by atoms with Gasteiger partial charge in [0.05, 0.1) is 5.56 Å². The van der Waals surface area contributed by atoms with Gasteiger partial charge in [-0.25, -0.2) is 4.39 Å². The van der Waals surface area contributed by atoms with Gasteiger partial charge in [-0.2, -0.15) is 17.6 Å². The molecule has 3 aromatic carbocycles. The van der Waals surface area contributed by atoms with Crippen molar-refractivity contribution in [2.24, 2.45) is 5.92 Å². The van der Waals surface area contributed by atoms with Crippen molar-refractivity contribution in [1.29, 1.82) is 0 Å². The molecule has 0 aromatic heterocycles. The van der Waals surface area contributed by atoms with E-state index in [1.165, 1.54) is 49.8 Å². The second-order valence-corrected chi connectivity index (χ2v) is 9.06. The number of rotatable bonds is 8. The first kappa shape index (κ1) is 25.7. The fraction of sp³-hybridized carbons (Fsp3) is 0.310. The van der Waals surface area contributed by atoms with Crippen LogP contribution >= 0.6 is 0 Å². The zero-order valence-corrected chi connectivity index (χ0v) is 19.8. The van der Waals surface area contributed by atoms with E-state index >= 15 is 0 Å². The maximum atomic E-state index is 14.7. The van der Waals surface area contributed by atoms with Crippen LogP contribution in [0.3, 0.4) is 0 Å². The third-order valence-corrected chi connectivity index (χ3v) is 6.78. The van der Waals surface area contributed by atoms with Crippen molar-refractivity contribution in [1.82, 2.24) is 0 Å². The van der Waals surface area contributed by atoms with Crippen LogP contribution in [-0.2, 0) is 6.11 Å². The molecule has 0 unspecified atom stereocenters. The molecule has 0 radical (unpaired) electrons. The number of hydrogen-bond acceptors (Lipinski definition) is 2. The summed E-state index contributed by atoms with van der Waals surface area (Å²) in [5, 5.41) is 0. The summed E-state index contributed by atoms with van der Waals surface area (Å²) in [7, 11) is 0. The van der Waals surface area contributed by atoms with E-state index in [1.54, 1.807) is 12.1 Å². The molecule has 2 nitrogen and oxygen atoms in total. The van der Waals surface area contributed by atoms with Gasteiger partial charge in [-0.1, -0.05) is 49.7 Å². The smallest absolute Gasteiger partial charge is 0.426 e. The van der Waals surface area contributed by atoms with Crippen molar-refractivity contribution >= 4 is 0 Å². The predicted octanol–water partition coefficient (Wildman–Crippen LogP) is 9.42. The Labute approximate surface area is 207 Å². The third-order valence-electron chi connectivity index (χ3n) is 6.78. The van der Waals surface area contributed by atoms with Crippen molar-refractivity contribution in [2.75, 3.05) is 0 Å². The summed E-state index contributed by atoms with van der Waals surface area (Å²) in [5.74, 6) is -0.709. The van der Waals surface area contributed by atoms with Crippen LogP contribution in [0, 0.1) is 11.7 Å². The van der Waals surface area contributed by atoms with Crippen LogP contribution in [0.2, 0.25) is 0 Å². The highest BCUT2D eigenvalue weighted by Crippen LogP contribution is 2.38. The zero-order chi connectivity index (χ0) is 25.7. The Bertz CT molecular complexity index is 1180. The van der Waals surface area contributed by atoms with Crippen LogP contribution in [-0.4, -0.2) is 0 Å². The van der Waals surface area contributed by atoms with E-state index in [4.69, 9.17) is 4.74 Å². The molecule has 7 heteroatoms. The van der Waals surface area contributed by atoms with Crippen molar-refractivity contribution in [3.8, 4) is 22.6 Å². The Morgan fingerprint density at radius 1 is 0.889 bits per heavy atom. The van der Waals surface area contributed by atoms with Gasteiger partial charge in [0.2, 0.25) is 0 Å². The summed E-state index contributed by atoms with van der Waals surface area (Å²) < 4.78 is 76.7. The quantitative estimate of drug-likeness (QED) is 0.226. The van der Waals surface area contributed by atoms with E-state index in [2.05, 4.69) is 23.8 Å². The normalized spacial score (nSPS) is 17.9. The summed E-state index contributed by atoms with van der Waals surface area (Å²) in [6.45, 7) is 2.25. The highest BCUT2D eigenvalue weighted by molar-refractivity contribution is 5.64. The van der Waals surface area contributed by atoms with Crippen molar-refractivity contribution in [3.63, 3.8) is 0 Å². The largest absolute Gasteiger partial charge is 0.456 e. The van der Waals surface area contributed by atoms with E-state index in [0.29, 0.717) is 12.0 Å². The monoisotopic (exact) mass is 502 g/mol. The van der Waals surface area contributed by atoms with Gasteiger partial charge in [0.15, 0.2) is 17.8 Å². The molecular formula is C29H27F5O2. The van der Waals surface area contributed by atoms with Gasteiger partial charge in [0.25, 0.3) is 0 Å². The highest BCUT2D eigenvalue weighted by Gasteiger charge is 2.34. The number of ether oxygens (including phenoxy) is 2. The number of benzene rings is 3. The lowest BCUT2D eigenvalue weighted by atomic mass is 9.77. The molecule has 0 atom stereocenters. The molecular weight excluding hydrogens is 475 g/mol. The molecule has 3 aromatic rings. The summed E-state index contributed by atoms with van der Waals surface area (Å²) in [6, 6.07) is 16.6. The summed E-state index contributed by atoms with van der Waals surface area (Å²) >= 11 is 0. The van der Waals surface area contributed by atoms with Crippen LogP contribution in [0.1, 0.15) is 56.1 Å². The highest BCUT2D eigenvalue weighted by atomic mass is 19.3. The summed E-state index contributed by atoms with van der Waals surface area (Å²) in [5.41, 5.74) is 2.63. The Morgan fingerprint density at radius 2 is 1.50 bits per heavy atom. The van der Waals surface area contributed by atoms with Gasteiger partial charge in [0, 0.05) is 6.07 Å². The van der Waals surface area contributed by atoms with Crippen LogP contribution in [0.4, 0.5) is 22.0 Å². The van der Waals surface area contributed by atoms with E-state index in [-0.39, 0.29) is 6.26 Å². The molecule has 0 spiro atoms. The molecule has 0 aliphatic heterocycles. The van der Waals surface area contributed by atoms with Crippen molar-refractivity contribution < 1.29 is 31.4 Å². The summed E-state index contributed by atoms with van der Waals surface area (Å²) in [4.78, 5) is 0. The molecule has 0 saturated heterocycles. The van der Waals surface area contributed by atoms with Crippen molar-refractivity contribution in [2.45, 2.75) is 51.1 Å². The predicted molar refractivity (Wildman–Crippen MR) is 129 cm³/mol. The number of alkyl halides is 2. The molecule has 190 valence electrons. The lowest BCUT2D eigenvalue weighted by Gasteiger charge is -2.28. The Balaban J connectivity index is 1.41. The van der Waals surface area contributed by atoms with Gasteiger partial charge >= 0.3 is 12.2 Å². The molecule has 4 rings (SSSR count). The first-order valence-electron chi connectivity index (χ1n) is 12.0. The fourth-order valence-corrected chi connectivity index (χ4v) is 4.66. The molecule has 0 amide bonds. The first-order valence-corrected chi connectivity index (χ1v) is 12.0. The van der Waals surface area contributed by atoms with Gasteiger partial charge in [0.1, 0.15) is 5.75 Å². The Kier molecular flexibility index (Phi) is 7.97. The van der Waals surface area contributed by atoms with Crippen LogP contribution in [0.15, 0.2) is 79.1 Å². The third kappa shape index (κ3) is 6.25. The first-order chi connectivity index (χ1) is 17.2. The lowest BCUT2D eigenvalue weighted by Crippen LogP contribution is -2.21. The van der Waals surface area contributed by atoms with Gasteiger partial charge < -0.3 is 9.47 Å². The maximum absolute atomic E-state index is 14.7. The minimum absolute atomic E-state index is 0.0558. The molecule has 1 aliphatic rings. The maximum Gasteiger partial charge on any atom is 0.426 e. The fourth-order valence-electron chi connectivity index (χ4n) is 4.66. The zero-order valence-electron chi connectivity index (χ0n) is 19.8. The molecule has 0 N–H and O–H groups in total. The SMILES string of the molecule is CCC1CCC(c2ccc(-c3ccc(C(F)(F)Oc4ccc(OC=C(F)F)c(F)c4)cc3)cc2)CC1. The summed E-state index contributed by atoms with van der Waals surface area (Å²) in [6.07, 6.45) is 0.340. The average Bonchev–Trinajstić information content (AvgIpc) is 2.88. The van der Waals surface area contributed by atoms with Gasteiger partial charge in [-0.05, 0) is 78.5 Å². The molecule has 1 saturated carbocycles. The topological polar surface area (TPSA) is 18.5 Å². The number of hydrogen-bond donors (Lipinski definition) is 0. The molecule has 0 heterocycles. The molecule has 0 bridgehead atoms. The second-order valence-electron chi connectivity index (χ2n) is 9.06. The second kappa shape index (κ2) is 11.1. The van der Waals surface area contributed by atoms with E-state index in [9.17, 15) is 22.0 Å². The molecule has 1 aliphatic carbocycles. The minimum atomic E-state index is -3.74. The molecule has 36 heavy (non-hydrogen) atoms. The average molecular weight is 503 g/mol. The van der Waals surface area contributed by atoms with Crippen molar-refractivity contribution in [3.05, 3.63) is 96.0 Å². The number of halogens is 5. The van der Waals surface area contributed by atoms with E-state index in [1.807, 2.05) is 12.1 Å². The van der Waals surface area contributed by atoms with Gasteiger partial charge in [-0.15, -0.1) is 0 Å². The Morgan fingerprint density at radius 3 is 2.06 bits per heavy atom. The van der Waals surface area contributed by atoms with Crippen LogP contribution in [0.25, 0.3) is 11.1 Å². The van der Waals surface area contributed by atoms with Crippen LogP contribution < -0.4 is 9.47 Å². The minimum Gasteiger partial charge on any atom is -0.456 e. The standard InChI is InChI=1S/C29H27F5O2/c1-2-19-3-5-20(6-4-19)21-7-9-22(10-8-21)23-11-13-24(14-12-23)29(33,34)36-25-15-16-27(26(30)17-25)35-18-28(31)32/h7-20H,2-6H2,1H3. The lowest BCUT2D eigenvalue weighted by molar-refractivity contribution is -0.185. The molecule has 1 fully saturated rings.